The van der Waals surface area contributed by atoms with Gasteiger partial charge in [0.15, 0.2) is 9.84 Å². The zero-order valence-electron chi connectivity index (χ0n) is 11.0. The highest BCUT2D eigenvalue weighted by molar-refractivity contribution is 7.91. The third-order valence-electron chi connectivity index (χ3n) is 3.63. The van der Waals surface area contributed by atoms with Gasteiger partial charge in [-0.05, 0) is 25.3 Å². The van der Waals surface area contributed by atoms with Crippen LogP contribution in [0.25, 0.3) is 0 Å². The number of hydrogen-bond donors (Lipinski definition) is 1. The number of sulfone groups is 1. The van der Waals surface area contributed by atoms with Gasteiger partial charge in [0.25, 0.3) is 0 Å². The van der Waals surface area contributed by atoms with Crippen molar-refractivity contribution in [3.05, 3.63) is 0 Å². The SMILES string of the molecule is CCC(CCC(=O)O)CCN1CCS(=O)(=O)CC1. The number of carboxylic acids is 1. The number of aliphatic carboxylic acids is 1. The van der Waals surface area contributed by atoms with Crippen molar-refractivity contribution in [2.24, 2.45) is 5.92 Å². The lowest BCUT2D eigenvalue weighted by Crippen LogP contribution is -2.41. The van der Waals surface area contributed by atoms with Crippen LogP contribution in [0.1, 0.15) is 32.6 Å². The molecule has 0 saturated carbocycles. The number of carboxylic acid groups (broad SMARTS) is 1. The maximum atomic E-state index is 11.3. The zero-order valence-corrected chi connectivity index (χ0v) is 11.8. The Labute approximate surface area is 109 Å². The zero-order chi connectivity index (χ0) is 13.6. The molecule has 6 heteroatoms. The fraction of sp³-hybridized carbons (Fsp3) is 0.917. The van der Waals surface area contributed by atoms with Gasteiger partial charge in [0.1, 0.15) is 0 Å². The smallest absolute Gasteiger partial charge is 0.303 e. The van der Waals surface area contributed by atoms with Crippen LogP contribution in [0.5, 0.6) is 0 Å². The van der Waals surface area contributed by atoms with Crippen LogP contribution in [0.2, 0.25) is 0 Å². The molecular formula is C12H23NO4S. The summed E-state index contributed by atoms with van der Waals surface area (Å²) in [5.41, 5.74) is 0. The Morgan fingerprint density at radius 2 is 1.89 bits per heavy atom. The first-order chi connectivity index (χ1) is 8.43. The molecular weight excluding hydrogens is 254 g/mol. The highest BCUT2D eigenvalue weighted by Crippen LogP contribution is 2.16. The highest BCUT2D eigenvalue weighted by atomic mass is 32.2. The second-order valence-electron chi connectivity index (χ2n) is 4.99. The topological polar surface area (TPSA) is 74.7 Å². The summed E-state index contributed by atoms with van der Waals surface area (Å²) in [5.74, 6) is 0.217. The van der Waals surface area contributed by atoms with Gasteiger partial charge in [-0.15, -0.1) is 0 Å². The van der Waals surface area contributed by atoms with Crippen molar-refractivity contribution in [1.82, 2.24) is 4.90 Å². The second kappa shape index (κ2) is 7.09. The van der Waals surface area contributed by atoms with Crippen molar-refractivity contribution in [3.63, 3.8) is 0 Å². The van der Waals surface area contributed by atoms with Gasteiger partial charge in [-0.1, -0.05) is 13.3 Å². The molecule has 0 radical (unpaired) electrons. The van der Waals surface area contributed by atoms with E-state index in [4.69, 9.17) is 5.11 Å². The Morgan fingerprint density at radius 3 is 2.39 bits per heavy atom. The van der Waals surface area contributed by atoms with E-state index >= 15 is 0 Å². The molecule has 0 aromatic heterocycles. The van der Waals surface area contributed by atoms with Crippen molar-refractivity contribution in [1.29, 1.82) is 0 Å². The Kier molecular flexibility index (Phi) is 6.08. The quantitative estimate of drug-likeness (QED) is 0.751. The van der Waals surface area contributed by atoms with Crippen molar-refractivity contribution in [2.45, 2.75) is 32.6 Å². The first-order valence-corrected chi connectivity index (χ1v) is 8.39. The molecule has 0 spiro atoms. The maximum absolute atomic E-state index is 11.3. The van der Waals surface area contributed by atoms with Crippen LogP contribution in [-0.4, -0.2) is 55.5 Å². The van der Waals surface area contributed by atoms with Crippen LogP contribution in [0.3, 0.4) is 0 Å². The normalized spacial score (nSPS) is 21.6. The average molecular weight is 277 g/mol. The molecule has 1 saturated heterocycles. The Morgan fingerprint density at radius 1 is 1.28 bits per heavy atom. The minimum absolute atomic E-state index is 0.229. The summed E-state index contributed by atoms with van der Waals surface area (Å²) < 4.78 is 22.6. The van der Waals surface area contributed by atoms with E-state index in [1.54, 1.807) is 0 Å². The molecule has 106 valence electrons. The van der Waals surface area contributed by atoms with Crippen LogP contribution >= 0.6 is 0 Å². The summed E-state index contributed by atoms with van der Waals surface area (Å²) in [4.78, 5) is 12.7. The van der Waals surface area contributed by atoms with Gasteiger partial charge in [0.05, 0.1) is 11.5 Å². The molecule has 1 heterocycles. The molecule has 1 unspecified atom stereocenters. The number of nitrogens with zero attached hydrogens (tertiary/aromatic N) is 1. The number of rotatable bonds is 7. The number of hydrogen-bond acceptors (Lipinski definition) is 4. The molecule has 1 N–H and O–H groups in total. The van der Waals surface area contributed by atoms with Gasteiger partial charge in [-0.2, -0.15) is 0 Å². The lowest BCUT2D eigenvalue weighted by Gasteiger charge is -2.28. The highest BCUT2D eigenvalue weighted by Gasteiger charge is 2.21. The lowest BCUT2D eigenvalue weighted by molar-refractivity contribution is -0.137. The monoisotopic (exact) mass is 277 g/mol. The minimum Gasteiger partial charge on any atom is -0.481 e. The third-order valence-corrected chi connectivity index (χ3v) is 5.24. The van der Waals surface area contributed by atoms with Crippen LogP contribution in [0.15, 0.2) is 0 Å². The van der Waals surface area contributed by atoms with Crippen LogP contribution in [0, 0.1) is 5.92 Å². The molecule has 1 fully saturated rings. The Balaban J connectivity index is 2.24. The molecule has 18 heavy (non-hydrogen) atoms. The van der Waals surface area contributed by atoms with Crippen molar-refractivity contribution >= 4 is 15.8 Å². The Bertz CT molecular complexity index is 352. The molecule has 0 aromatic carbocycles. The van der Waals surface area contributed by atoms with E-state index in [9.17, 15) is 13.2 Å². The van der Waals surface area contributed by atoms with E-state index in [0.717, 1.165) is 25.8 Å². The average Bonchev–Trinajstić information content (AvgIpc) is 2.30. The van der Waals surface area contributed by atoms with Gasteiger partial charge in [-0.3, -0.25) is 4.79 Å². The second-order valence-corrected chi connectivity index (χ2v) is 7.29. The van der Waals surface area contributed by atoms with Crippen molar-refractivity contribution in [2.75, 3.05) is 31.1 Å². The summed E-state index contributed by atoms with van der Waals surface area (Å²) >= 11 is 0. The van der Waals surface area contributed by atoms with E-state index in [0.29, 0.717) is 19.0 Å². The minimum atomic E-state index is -2.80. The molecule has 1 aliphatic heterocycles. The first kappa shape index (κ1) is 15.4. The van der Waals surface area contributed by atoms with Crippen LogP contribution in [0.4, 0.5) is 0 Å². The van der Waals surface area contributed by atoms with Gasteiger partial charge >= 0.3 is 5.97 Å². The molecule has 0 aromatic rings. The lowest BCUT2D eigenvalue weighted by atomic mass is 9.96. The standard InChI is InChI=1S/C12H23NO4S/c1-2-11(3-4-12(14)15)5-6-13-7-9-18(16,17)10-8-13/h11H,2-10H2,1H3,(H,14,15). The summed E-state index contributed by atoms with van der Waals surface area (Å²) in [6, 6.07) is 0. The van der Waals surface area contributed by atoms with Gasteiger partial charge in [0.2, 0.25) is 0 Å². The summed E-state index contributed by atoms with van der Waals surface area (Å²) in [6.07, 6.45) is 2.90. The molecule has 0 aliphatic carbocycles. The summed E-state index contributed by atoms with van der Waals surface area (Å²) in [5, 5.41) is 8.66. The molecule has 1 rings (SSSR count). The van der Waals surface area contributed by atoms with Crippen LogP contribution < -0.4 is 0 Å². The van der Waals surface area contributed by atoms with E-state index in [2.05, 4.69) is 11.8 Å². The largest absolute Gasteiger partial charge is 0.481 e. The molecule has 0 bridgehead atoms. The predicted molar refractivity (Wildman–Crippen MR) is 70.4 cm³/mol. The van der Waals surface area contributed by atoms with E-state index < -0.39 is 15.8 Å². The summed E-state index contributed by atoms with van der Waals surface area (Å²) in [7, 11) is -2.80. The van der Waals surface area contributed by atoms with E-state index in [-0.39, 0.29) is 17.9 Å². The van der Waals surface area contributed by atoms with Crippen molar-refractivity contribution in [3.8, 4) is 0 Å². The fourth-order valence-corrected chi connectivity index (χ4v) is 3.50. The predicted octanol–water partition coefficient (Wildman–Crippen LogP) is 0.998. The first-order valence-electron chi connectivity index (χ1n) is 6.57. The van der Waals surface area contributed by atoms with Gasteiger partial charge in [-0.25, -0.2) is 8.42 Å². The van der Waals surface area contributed by atoms with Crippen molar-refractivity contribution < 1.29 is 18.3 Å². The Hall–Kier alpha value is -0.620. The maximum Gasteiger partial charge on any atom is 0.303 e. The fourth-order valence-electron chi connectivity index (χ4n) is 2.22. The van der Waals surface area contributed by atoms with E-state index in [1.165, 1.54) is 0 Å². The van der Waals surface area contributed by atoms with Gasteiger partial charge < -0.3 is 10.0 Å². The van der Waals surface area contributed by atoms with E-state index in [1.807, 2.05) is 0 Å². The van der Waals surface area contributed by atoms with Crippen LogP contribution in [-0.2, 0) is 14.6 Å². The number of carbonyl (C=O) groups is 1. The molecule has 5 nitrogen and oxygen atoms in total. The molecule has 0 amide bonds. The third kappa shape index (κ3) is 5.82. The molecule has 1 atom stereocenters. The molecule has 1 aliphatic rings. The van der Waals surface area contributed by atoms with Gasteiger partial charge in [0, 0.05) is 19.5 Å². The summed E-state index contributed by atoms with van der Waals surface area (Å²) in [6.45, 7) is 4.20.